The number of aryl methyl sites for hydroxylation is 1. The zero-order chi connectivity index (χ0) is 29.8. The summed E-state index contributed by atoms with van der Waals surface area (Å²) in [4.78, 5) is 29.1. The Morgan fingerprint density at radius 2 is 1.91 bits per heavy atom. The van der Waals surface area contributed by atoms with Crippen molar-refractivity contribution in [2.45, 2.75) is 31.5 Å². The van der Waals surface area contributed by atoms with E-state index in [-0.39, 0.29) is 17.7 Å². The van der Waals surface area contributed by atoms with E-state index in [1.54, 1.807) is 0 Å². The lowest BCUT2D eigenvalue weighted by Gasteiger charge is -2.25. The van der Waals surface area contributed by atoms with Crippen LogP contribution in [0.25, 0.3) is 38.9 Å². The molecule has 0 saturated carbocycles. The van der Waals surface area contributed by atoms with Gasteiger partial charge in [-0.05, 0) is 42.3 Å². The number of nitrogens with zero attached hydrogens (tertiary/aromatic N) is 7. The van der Waals surface area contributed by atoms with Crippen molar-refractivity contribution in [3.05, 3.63) is 91.1 Å². The van der Waals surface area contributed by atoms with E-state index in [4.69, 9.17) is 4.74 Å². The summed E-state index contributed by atoms with van der Waals surface area (Å²) >= 11 is 0. The van der Waals surface area contributed by atoms with Gasteiger partial charge in [0.05, 0.1) is 35.5 Å². The number of imidazole rings is 1. The Labute approximate surface area is 249 Å². The van der Waals surface area contributed by atoms with E-state index in [9.17, 15) is 13.6 Å². The second kappa shape index (κ2) is 10.4. The number of hydrogen-bond acceptors (Lipinski definition) is 7. The van der Waals surface area contributed by atoms with Crippen LogP contribution in [0.15, 0.2) is 79.5 Å². The van der Waals surface area contributed by atoms with Crippen molar-refractivity contribution in [2.24, 2.45) is 0 Å². The minimum Gasteiger partial charge on any atom is -0.488 e. The molecular weight excluding hydrogens is 566 g/mol. The van der Waals surface area contributed by atoms with Gasteiger partial charge < -0.3 is 19.5 Å². The first-order chi connectivity index (χ1) is 21.5. The molecule has 0 unspecified atom stereocenters. The van der Waals surface area contributed by atoms with Crippen molar-refractivity contribution >= 4 is 33.8 Å². The monoisotopic (exact) mass is 592 g/mol. The zero-order valence-electron chi connectivity index (χ0n) is 23.4. The Morgan fingerprint density at radius 3 is 2.82 bits per heavy atom. The molecule has 44 heavy (non-hydrogen) atoms. The van der Waals surface area contributed by atoms with Gasteiger partial charge in [-0.2, -0.15) is 5.10 Å². The van der Waals surface area contributed by atoms with Crippen LogP contribution in [0.4, 0.5) is 14.6 Å². The Balaban J connectivity index is 1.17. The molecule has 0 radical (unpaired) electrons. The summed E-state index contributed by atoms with van der Waals surface area (Å²) in [7, 11) is 0. The van der Waals surface area contributed by atoms with Gasteiger partial charge in [0.25, 0.3) is 0 Å². The maximum absolute atomic E-state index is 14.7. The quantitative estimate of drug-likeness (QED) is 0.312. The van der Waals surface area contributed by atoms with Crippen LogP contribution in [-0.4, -0.2) is 60.4 Å². The summed E-state index contributed by atoms with van der Waals surface area (Å²) in [6.45, 7) is 1.55. The predicted octanol–water partition coefficient (Wildman–Crippen LogP) is 4.66. The van der Waals surface area contributed by atoms with Gasteiger partial charge in [-0.25, -0.2) is 28.4 Å². The summed E-state index contributed by atoms with van der Waals surface area (Å²) in [6.07, 6.45) is 5.57. The number of halogens is 2. The Bertz CT molecular complexity index is 2060. The number of nitrogens with one attached hydrogen (secondary N) is 1. The molecule has 2 atom stereocenters. The van der Waals surface area contributed by atoms with Gasteiger partial charge in [0.2, 0.25) is 5.91 Å². The Kier molecular flexibility index (Phi) is 6.21. The molecule has 3 aromatic heterocycles. The summed E-state index contributed by atoms with van der Waals surface area (Å²) in [6, 6.07) is 16.8. The third-order valence-electron chi connectivity index (χ3n) is 8.28. The van der Waals surface area contributed by atoms with Crippen molar-refractivity contribution in [1.82, 2.24) is 34.6 Å². The molecular formula is C32H26F2N8O2. The Hall–Kier alpha value is -5.39. The van der Waals surface area contributed by atoms with E-state index in [1.807, 2.05) is 41.6 Å². The molecule has 1 N–H and O–H groups in total. The van der Waals surface area contributed by atoms with Gasteiger partial charge in [-0.15, -0.1) is 0 Å². The van der Waals surface area contributed by atoms with Crippen LogP contribution in [0.5, 0.6) is 5.75 Å². The normalized spacial score (nSPS) is 18.6. The van der Waals surface area contributed by atoms with Crippen LogP contribution in [0, 0.1) is 11.6 Å². The molecule has 10 nitrogen and oxygen atoms in total. The lowest BCUT2D eigenvalue weighted by Crippen LogP contribution is -2.44. The number of fused-ring (bicyclic) bond motifs is 6. The molecule has 0 spiro atoms. The van der Waals surface area contributed by atoms with E-state index in [2.05, 4.69) is 42.1 Å². The van der Waals surface area contributed by atoms with Gasteiger partial charge >= 0.3 is 0 Å². The topological polar surface area (TPSA) is 103 Å². The molecule has 2 aliphatic rings. The van der Waals surface area contributed by atoms with Gasteiger partial charge in [-0.3, -0.25) is 4.79 Å². The number of aromatic nitrogens is 6. The number of amides is 1. The van der Waals surface area contributed by atoms with Crippen molar-refractivity contribution in [3.8, 4) is 22.6 Å². The van der Waals surface area contributed by atoms with Crippen molar-refractivity contribution in [3.63, 3.8) is 0 Å². The summed E-state index contributed by atoms with van der Waals surface area (Å²) in [5.74, 6) is -0.413. The van der Waals surface area contributed by atoms with Crippen molar-refractivity contribution < 1.29 is 18.3 Å². The largest absolute Gasteiger partial charge is 0.488 e. The highest BCUT2D eigenvalue weighted by molar-refractivity contribution is 5.93. The molecule has 6 aromatic rings. The lowest BCUT2D eigenvalue weighted by atomic mass is 10.0. The number of carbonyl (C=O) groups is 1. The fourth-order valence-corrected chi connectivity index (χ4v) is 6.29. The van der Waals surface area contributed by atoms with Gasteiger partial charge in [0.1, 0.15) is 41.5 Å². The highest BCUT2D eigenvalue weighted by Crippen LogP contribution is 2.35. The van der Waals surface area contributed by atoms with Crippen LogP contribution in [-0.2, 0) is 11.3 Å². The van der Waals surface area contributed by atoms with E-state index in [1.165, 1.54) is 29.3 Å². The SMILES string of the molecule is O=C1NCCCn2cnc3cccc(c32)-c2cccc(c2)O[C@H]2C[C@@H]1N(c1ncnc3c1cnn3-c1ccc(F)cc1F)C2. The zero-order valence-corrected chi connectivity index (χ0v) is 23.4. The molecule has 5 heterocycles. The highest BCUT2D eigenvalue weighted by Gasteiger charge is 2.40. The minimum atomic E-state index is -0.767. The maximum atomic E-state index is 14.7. The fourth-order valence-electron chi connectivity index (χ4n) is 6.29. The first-order valence-electron chi connectivity index (χ1n) is 14.4. The first-order valence-corrected chi connectivity index (χ1v) is 14.4. The van der Waals surface area contributed by atoms with Crippen LogP contribution in [0.1, 0.15) is 12.8 Å². The number of ether oxygens (including phenoxy) is 1. The number of hydrogen-bond donors (Lipinski definition) is 1. The molecule has 2 aliphatic heterocycles. The van der Waals surface area contributed by atoms with E-state index >= 15 is 0 Å². The Morgan fingerprint density at radius 1 is 1.00 bits per heavy atom. The molecule has 1 saturated heterocycles. The van der Waals surface area contributed by atoms with Gasteiger partial charge in [0.15, 0.2) is 11.5 Å². The molecule has 4 bridgehead atoms. The standard InChI is InChI=1S/C32H26F2N8O2/c33-20-8-9-27(25(34)13-20)42-31-24(15-39-42)30(36-17-37-31)41-16-22-14-28(41)32(43)35-10-3-11-40-18-38-26-7-2-6-23(29(26)40)19-4-1-5-21(12-19)44-22/h1-2,4-9,12-13,15,17-18,22,28H,3,10-11,14,16H2,(H,35,43)/t22-,28-/m0/s1. The van der Waals surface area contributed by atoms with Crippen LogP contribution < -0.4 is 15.0 Å². The summed E-state index contributed by atoms with van der Waals surface area (Å²) in [5, 5.41) is 7.99. The summed E-state index contributed by atoms with van der Waals surface area (Å²) in [5.41, 5.74) is 4.44. The van der Waals surface area contributed by atoms with E-state index in [0.717, 1.165) is 28.2 Å². The first kappa shape index (κ1) is 26.3. The number of rotatable bonds is 2. The second-order valence-electron chi connectivity index (χ2n) is 11.0. The van der Waals surface area contributed by atoms with Crippen molar-refractivity contribution in [2.75, 3.05) is 18.0 Å². The molecule has 3 aromatic carbocycles. The molecule has 1 fully saturated rings. The highest BCUT2D eigenvalue weighted by atomic mass is 19.1. The van der Waals surface area contributed by atoms with E-state index < -0.39 is 17.7 Å². The molecule has 8 rings (SSSR count). The van der Waals surface area contributed by atoms with E-state index in [0.29, 0.717) is 55.1 Å². The molecule has 220 valence electrons. The third-order valence-corrected chi connectivity index (χ3v) is 8.28. The maximum Gasteiger partial charge on any atom is 0.242 e. The third kappa shape index (κ3) is 4.41. The predicted molar refractivity (Wildman–Crippen MR) is 160 cm³/mol. The molecule has 0 aliphatic carbocycles. The number of para-hydroxylation sites is 1. The van der Waals surface area contributed by atoms with Crippen LogP contribution in [0.3, 0.4) is 0 Å². The minimum absolute atomic E-state index is 0.0565. The average Bonchev–Trinajstić information content (AvgIpc) is 3.76. The van der Waals surface area contributed by atoms with Gasteiger partial charge in [-0.1, -0.05) is 24.3 Å². The fraction of sp³-hybridized carbons (Fsp3) is 0.219. The average molecular weight is 593 g/mol. The molecule has 12 heteroatoms. The summed E-state index contributed by atoms with van der Waals surface area (Å²) < 4.78 is 38.2. The van der Waals surface area contributed by atoms with Gasteiger partial charge in [0, 0.05) is 31.1 Å². The van der Waals surface area contributed by atoms with Crippen LogP contribution in [0.2, 0.25) is 0 Å². The smallest absolute Gasteiger partial charge is 0.242 e. The van der Waals surface area contributed by atoms with Crippen LogP contribution >= 0.6 is 0 Å². The van der Waals surface area contributed by atoms with Crippen molar-refractivity contribution in [1.29, 1.82) is 0 Å². The number of benzene rings is 3. The number of anilines is 1. The number of carbonyl (C=O) groups excluding carboxylic acids is 1. The molecule has 1 amide bonds. The lowest BCUT2D eigenvalue weighted by molar-refractivity contribution is -0.122. The second-order valence-corrected chi connectivity index (χ2v) is 11.0.